The summed E-state index contributed by atoms with van der Waals surface area (Å²) in [5.41, 5.74) is 0. The van der Waals surface area contributed by atoms with Gasteiger partial charge in [0.1, 0.15) is 0 Å². The normalized spacial score (nSPS) is 33.5. The summed E-state index contributed by atoms with van der Waals surface area (Å²) in [4.78, 5) is 4.83. The molecule has 5 nitrogen and oxygen atoms in total. The molecule has 0 amide bonds. The van der Waals surface area contributed by atoms with Gasteiger partial charge in [0.15, 0.2) is 0 Å². The minimum absolute atomic E-state index is 0.232. The van der Waals surface area contributed by atoms with Crippen LogP contribution in [-0.2, 0) is 4.74 Å². The molecule has 0 spiro atoms. The highest BCUT2D eigenvalue weighted by Gasteiger charge is 2.22. The molecule has 2 fully saturated rings. The fourth-order valence-electron chi connectivity index (χ4n) is 2.51. The first kappa shape index (κ1) is 13.2. The quantitative estimate of drug-likeness (QED) is 0.664. The standard InChI is InChI=1S/C12H25N3O2/c1-11-8-13-9-12(16)10-15(11)3-2-14-4-6-17-7-5-14/h11-13,16H,2-10H2,1H3. The third kappa shape index (κ3) is 4.19. The third-order valence-electron chi connectivity index (χ3n) is 3.70. The van der Waals surface area contributed by atoms with Crippen molar-refractivity contribution in [2.24, 2.45) is 0 Å². The fraction of sp³-hybridized carbons (Fsp3) is 1.00. The summed E-state index contributed by atoms with van der Waals surface area (Å²) in [6.45, 7) is 10.6. The molecule has 0 radical (unpaired) electrons. The van der Waals surface area contributed by atoms with Gasteiger partial charge in [0, 0.05) is 51.9 Å². The van der Waals surface area contributed by atoms with Crippen LogP contribution in [0.5, 0.6) is 0 Å². The van der Waals surface area contributed by atoms with Gasteiger partial charge in [0.05, 0.1) is 19.3 Å². The molecule has 2 rings (SSSR count). The van der Waals surface area contributed by atoms with E-state index in [4.69, 9.17) is 4.74 Å². The Kier molecular flexibility index (Phi) is 5.18. The van der Waals surface area contributed by atoms with Crippen molar-refractivity contribution < 1.29 is 9.84 Å². The Hall–Kier alpha value is -0.200. The molecule has 2 atom stereocenters. The van der Waals surface area contributed by atoms with Gasteiger partial charge < -0.3 is 15.2 Å². The van der Waals surface area contributed by atoms with Gasteiger partial charge in [0.2, 0.25) is 0 Å². The van der Waals surface area contributed by atoms with Gasteiger partial charge in [-0.25, -0.2) is 0 Å². The average Bonchev–Trinajstić information content (AvgIpc) is 2.50. The SMILES string of the molecule is CC1CNCC(O)CN1CCN1CCOCC1. The van der Waals surface area contributed by atoms with E-state index in [1.165, 1.54) is 0 Å². The maximum atomic E-state index is 9.78. The molecule has 2 saturated heterocycles. The van der Waals surface area contributed by atoms with E-state index >= 15 is 0 Å². The summed E-state index contributed by atoms with van der Waals surface area (Å²) in [5, 5.41) is 13.1. The zero-order valence-electron chi connectivity index (χ0n) is 10.8. The van der Waals surface area contributed by atoms with Crippen molar-refractivity contribution in [3.63, 3.8) is 0 Å². The third-order valence-corrected chi connectivity index (χ3v) is 3.70. The molecule has 0 aromatic carbocycles. The zero-order chi connectivity index (χ0) is 12.1. The second-order valence-electron chi connectivity index (χ2n) is 5.11. The molecule has 0 bridgehead atoms. The van der Waals surface area contributed by atoms with Gasteiger partial charge in [-0.15, -0.1) is 0 Å². The van der Waals surface area contributed by atoms with Crippen molar-refractivity contribution in [3.05, 3.63) is 0 Å². The Bertz CT molecular complexity index is 222. The van der Waals surface area contributed by atoms with Gasteiger partial charge in [-0.1, -0.05) is 0 Å². The number of nitrogens with zero attached hydrogens (tertiary/aromatic N) is 2. The highest BCUT2D eigenvalue weighted by Crippen LogP contribution is 2.05. The summed E-state index contributed by atoms with van der Waals surface area (Å²) in [5.74, 6) is 0. The van der Waals surface area contributed by atoms with E-state index < -0.39 is 0 Å². The van der Waals surface area contributed by atoms with E-state index in [0.29, 0.717) is 6.04 Å². The van der Waals surface area contributed by atoms with Gasteiger partial charge in [-0.2, -0.15) is 0 Å². The second kappa shape index (κ2) is 6.66. The zero-order valence-corrected chi connectivity index (χ0v) is 10.8. The fourth-order valence-corrected chi connectivity index (χ4v) is 2.51. The number of morpholine rings is 1. The molecular weight excluding hydrogens is 218 g/mol. The van der Waals surface area contributed by atoms with Crippen molar-refractivity contribution >= 4 is 0 Å². The van der Waals surface area contributed by atoms with Crippen LogP contribution in [0, 0.1) is 0 Å². The van der Waals surface area contributed by atoms with Crippen LogP contribution >= 0.6 is 0 Å². The summed E-state index contributed by atoms with van der Waals surface area (Å²) < 4.78 is 5.34. The van der Waals surface area contributed by atoms with Crippen LogP contribution in [-0.4, -0.2) is 86.1 Å². The lowest BCUT2D eigenvalue weighted by molar-refractivity contribution is 0.0286. The largest absolute Gasteiger partial charge is 0.390 e. The van der Waals surface area contributed by atoms with Crippen LogP contribution < -0.4 is 5.32 Å². The number of hydrogen-bond donors (Lipinski definition) is 2. The van der Waals surface area contributed by atoms with Crippen LogP contribution in [0.15, 0.2) is 0 Å². The number of nitrogens with one attached hydrogen (secondary N) is 1. The predicted octanol–water partition coefficient (Wildman–Crippen LogP) is -1.03. The lowest BCUT2D eigenvalue weighted by Crippen LogP contribution is -2.46. The molecule has 17 heavy (non-hydrogen) atoms. The lowest BCUT2D eigenvalue weighted by atomic mass is 10.2. The Labute approximate surface area is 104 Å². The number of ether oxygens (including phenoxy) is 1. The van der Waals surface area contributed by atoms with E-state index in [1.807, 2.05) is 0 Å². The first-order chi connectivity index (χ1) is 8.25. The maximum Gasteiger partial charge on any atom is 0.0791 e. The Morgan fingerprint density at radius 2 is 2.00 bits per heavy atom. The van der Waals surface area contributed by atoms with Crippen LogP contribution in [0.1, 0.15) is 6.92 Å². The summed E-state index contributed by atoms with van der Waals surface area (Å²) in [6, 6.07) is 0.508. The monoisotopic (exact) mass is 243 g/mol. The smallest absolute Gasteiger partial charge is 0.0791 e. The van der Waals surface area contributed by atoms with Crippen molar-refractivity contribution in [3.8, 4) is 0 Å². The van der Waals surface area contributed by atoms with Crippen LogP contribution in [0.3, 0.4) is 0 Å². The Balaban J connectivity index is 1.75. The minimum Gasteiger partial charge on any atom is -0.390 e. The molecule has 2 unspecified atom stereocenters. The van der Waals surface area contributed by atoms with Gasteiger partial charge in [0.25, 0.3) is 0 Å². The first-order valence-electron chi connectivity index (χ1n) is 6.68. The predicted molar refractivity (Wildman–Crippen MR) is 67.2 cm³/mol. The molecule has 2 aliphatic heterocycles. The topological polar surface area (TPSA) is 48.0 Å². The van der Waals surface area contributed by atoms with Crippen LogP contribution in [0.4, 0.5) is 0 Å². The highest BCUT2D eigenvalue weighted by molar-refractivity contribution is 4.79. The van der Waals surface area contributed by atoms with E-state index in [2.05, 4.69) is 22.0 Å². The Morgan fingerprint density at radius 3 is 2.76 bits per heavy atom. The molecule has 2 heterocycles. The molecule has 0 aliphatic carbocycles. The van der Waals surface area contributed by atoms with Crippen LogP contribution in [0.25, 0.3) is 0 Å². The Morgan fingerprint density at radius 1 is 1.24 bits per heavy atom. The number of aliphatic hydroxyl groups is 1. The molecule has 0 saturated carbocycles. The number of hydrogen-bond acceptors (Lipinski definition) is 5. The first-order valence-corrected chi connectivity index (χ1v) is 6.68. The molecule has 100 valence electrons. The average molecular weight is 243 g/mol. The van der Waals surface area contributed by atoms with Crippen molar-refractivity contribution in [2.45, 2.75) is 19.1 Å². The molecule has 2 aliphatic rings. The van der Waals surface area contributed by atoms with E-state index in [-0.39, 0.29) is 6.10 Å². The van der Waals surface area contributed by atoms with Gasteiger partial charge in [-0.05, 0) is 6.92 Å². The second-order valence-corrected chi connectivity index (χ2v) is 5.11. The lowest BCUT2D eigenvalue weighted by Gasteiger charge is -2.32. The van der Waals surface area contributed by atoms with Gasteiger partial charge >= 0.3 is 0 Å². The molecule has 0 aromatic heterocycles. The number of β-amino-alcohol motifs (C(OH)–C–C–N with tert-alkyl or cyclic N) is 1. The summed E-state index contributed by atoms with van der Waals surface area (Å²) in [6.07, 6.45) is -0.232. The van der Waals surface area contributed by atoms with E-state index in [0.717, 1.165) is 59.0 Å². The summed E-state index contributed by atoms with van der Waals surface area (Å²) >= 11 is 0. The molecule has 0 aromatic rings. The van der Waals surface area contributed by atoms with Crippen LogP contribution in [0.2, 0.25) is 0 Å². The maximum absolute atomic E-state index is 9.78. The minimum atomic E-state index is -0.232. The molecular formula is C12H25N3O2. The number of rotatable bonds is 3. The number of aliphatic hydroxyl groups excluding tert-OH is 1. The van der Waals surface area contributed by atoms with Crippen molar-refractivity contribution in [1.82, 2.24) is 15.1 Å². The van der Waals surface area contributed by atoms with Gasteiger partial charge in [-0.3, -0.25) is 9.80 Å². The van der Waals surface area contributed by atoms with E-state index in [1.54, 1.807) is 0 Å². The highest BCUT2D eigenvalue weighted by atomic mass is 16.5. The molecule has 2 N–H and O–H groups in total. The van der Waals surface area contributed by atoms with Crippen molar-refractivity contribution in [2.75, 3.05) is 59.0 Å². The molecule has 5 heteroatoms. The summed E-state index contributed by atoms with van der Waals surface area (Å²) in [7, 11) is 0. The van der Waals surface area contributed by atoms with Crippen molar-refractivity contribution in [1.29, 1.82) is 0 Å². The van der Waals surface area contributed by atoms with E-state index in [9.17, 15) is 5.11 Å².